The predicted molar refractivity (Wildman–Crippen MR) is 106 cm³/mol. The van der Waals surface area contributed by atoms with E-state index in [1.165, 1.54) is 0 Å². The van der Waals surface area contributed by atoms with Gasteiger partial charge in [0, 0.05) is 31.1 Å². The summed E-state index contributed by atoms with van der Waals surface area (Å²) in [4.78, 5) is 15.0. The van der Waals surface area contributed by atoms with Crippen LogP contribution in [0.15, 0.2) is 72.9 Å². The Morgan fingerprint density at radius 2 is 1.82 bits per heavy atom. The monoisotopic (exact) mass is 372 g/mol. The van der Waals surface area contributed by atoms with Gasteiger partial charge in [-0.05, 0) is 41.5 Å². The van der Waals surface area contributed by atoms with Gasteiger partial charge in [0.05, 0.1) is 6.04 Å². The first-order valence-electron chi connectivity index (χ1n) is 9.38. The van der Waals surface area contributed by atoms with E-state index in [4.69, 9.17) is 9.47 Å². The molecule has 0 saturated carbocycles. The number of benzene rings is 2. The lowest BCUT2D eigenvalue weighted by Gasteiger charge is -2.36. The van der Waals surface area contributed by atoms with Gasteiger partial charge in [-0.15, -0.1) is 0 Å². The fourth-order valence-electron chi connectivity index (χ4n) is 3.89. The molecule has 1 atom stereocenters. The number of fused-ring (bicyclic) bond motifs is 2. The highest BCUT2D eigenvalue weighted by molar-refractivity contribution is 5.92. The minimum Gasteiger partial charge on any atom is -0.454 e. The lowest BCUT2D eigenvalue weighted by Crippen LogP contribution is -2.41. The minimum absolute atomic E-state index is 0.000954. The molecule has 2 aromatic carbocycles. The molecule has 1 unspecified atom stereocenters. The quantitative estimate of drug-likeness (QED) is 0.656. The Kier molecular flexibility index (Phi) is 4.13. The van der Waals surface area contributed by atoms with Gasteiger partial charge < -0.3 is 18.9 Å². The molecule has 0 fully saturated rings. The van der Waals surface area contributed by atoms with E-state index >= 15 is 0 Å². The van der Waals surface area contributed by atoms with Gasteiger partial charge in [-0.1, -0.05) is 36.4 Å². The summed E-state index contributed by atoms with van der Waals surface area (Å²) in [6.45, 7) is 1.72. The number of hydrogen-bond donors (Lipinski definition) is 0. The van der Waals surface area contributed by atoms with E-state index in [0.717, 1.165) is 29.1 Å². The summed E-state index contributed by atoms with van der Waals surface area (Å²) in [7, 11) is 0. The van der Waals surface area contributed by atoms with Crippen LogP contribution in [-0.4, -0.2) is 28.7 Å². The van der Waals surface area contributed by atoms with E-state index in [2.05, 4.69) is 29.0 Å². The Hall–Kier alpha value is -3.47. The molecule has 28 heavy (non-hydrogen) atoms. The first-order chi connectivity index (χ1) is 13.8. The van der Waals surface area contributed by atoms with Crippen molar-refractivity contribution < 1.29 is 14.3 Å². The zero-order valence-electron chi connectivity index (χ0n) is 15.3. The van der Waals surface area contributed by atoms with Gasteiger partial charge in [0.1, 0.15) is 0 Å². The molecular weight excluding hydrogens is 352 g/mol. The predicted octanol–water partition coefficient (Wildman–Crippen LogP) is 3.86. The van der Waals surface area contributed by atoms with Crippen LogP contribution in [0.5, 0.6) is 11.5 Å². The maximum absolute atomic E-state index is 13.1. The van der Waals surface area contributed by atoms with Crippen molar-refractivity contribution >= 4 is 12.0 Å². The highest BCUT2D eigenvalue weighted by Gasteiger charge is 2.30. The van der Waals surface area contributed by atoms with Crippen molar-refractivity contribution in [2.75, 3.05) is 13.3 Å². The van der Waals surface area contributed by atoms with Crippen LogP contribution >= 0.6 is 0 Å². The lowest BCUT2D eigenvalue weighted by molar-refractivity contribution is -0.128. The molecule has 3 heterocycles. The fourth-order valence-corrected chi connectivity index (χ4v) is 3.89. The lowest BCUT2D eigenvalue weighted by atomic mass is 10.00. The molecule has 3 aromatic rings. The van der Waals surface area contributed by atoms with Crippen molar-refractivity contribution in [2.45, 2.75) is 12.6 Å². The van der Waals surface area contributed by atoms with Crippen LogP contribution in [0, 0.1) is 0 Å². The van der Waals surface area contributed by atoms with E-state index in [0.29, 0.717) is 12.3 Å². The number of carbonyl (C=O) groups is 1. The molecule has 1 amide bonds. The first kappa shape index (κ1) is 16.7. The van der Waals surface area contributed by atoms with Crippen LogP contribution in [0.4, 0.5) is 0 Å². The molecule has 5 rings (SSSR count). The molecule has 0 saturated heterocycles. The Bertz CT molecular complexity index is 1040. The molecule has 1 aromatic heterocycles. The van der Waals surface area contributed by atoms with E-state index in [1.54, 1.807) is 6.08 Å². The SMILES string of the molecule is O=C(C=Cc1ccc2c(c1)OCO2)N1CCn2cccc2C1c1ccccc1. The molecule has 2 aliphatic heterocycles. The van der Waals surface area contributed by atoms with Crippen molar-refractivity contribution in [2.24, 2.45) is 0 Å². The molecule has 0 spiro atoms. The van der Waals surface area contributed by atoms with E-state index in [9.17, 15) is 4.79 Å². The number of aromatic nitrogens is 1. The number of ether oxygens (including phenoxy) is 2. The molecule has 2 aliphatic rings. The van der Waals surface area contributed by atoms with Gasteiger partial charge in [0.15, 0.2) is 11.5 Å². The van der Waals surface area contributed by atoms with Crippen molar-refractivity contribution in [3.05, 3.63) is 89.8 Å². The number of nitrogens with zero attached hydrogens (tertiary/aromatic N) is 2. The maximum Gasteiger partial charge on any atom is 0.247 e. The molecular formula is C23H20N2O3. The largest absolute Gasteiger partial charge is 0.454 e. The van der Waals surface area contributed by atoms with E-state index in [-0.39, 0.29) is 18.7 Å². The second-order valence-corrected chi connectivity index (χ2v) is 6.92. The summed E-state index contributed by atoms with van der Waals surface area (Å²) in [5, 5.41) is 0. The minimum atomic E-state index is -0.0844. The van der Waals surface area contributed by atoms with Gasteiger partial charge in [-0.25, -0.2) is 0 Å². The molecule has 140 valence electrons. The maximum atomic E-state index is 13.1. The van der Waals surface area contributed by atoms with Crippen LogP contribution in [-0.2, 0) is 11.3 Å². The third-order valence-corrected chi connectivity index (χ3v) is 5.25. The van der Waals surface area contributed by atoms with Gasteiger partial charge in [0.25, 0.3) is 0 Å². The van der Waals surface area contributed by atoms with Crippen LogP contribution < -0.4 is 9.47 Å². The average molecular weight is 372 g/mol. The highest BCUT2D eigenvalue weighted by atomic mass is 16.7. The molecule has 0 aliphatic carbocycles. The van der Waals surface area contributed by atoms with Gasteiger partial charge in [0.2, 0.25) is 12.7 Å². The van der Waals surface area contributed by atoms with Gasteiger partial charge in [-0.3, -0.25) is 4.79 Å². The molecule has 0 radical (unpaired) electrons. The summed E-state index contributed by atoms with van der Waals surface area (Å²) < 4.78 is 13.0. The zero-order chi connectivity index (χ0) is 18.9. The fraction of sp³-hybridized carbons (Fsp3) is 0.174. The Morgan fingerprint density at radius 3 is 2.71 bits per heavy atom. The van der Waals surface area contributed by atoms with Crippen molar-refractivity contribution in [3.63, 3.8) is 0 Å². The average Bonchev–Trinajstić information content (AvgIpc) is 3.40. The second-order valence-electron chi connectivity index (χ2n) is 6.92. The van der Waals surface area contributed by atoms with E-state index < -0.39 is 0 Å². The molecule has 0 bridgehead atoms. The summed E-state index contributed by atoms with van der Waals surface area (Å²) >= 11 is 0. The Morgan fingerprint density at radius 1 is 0.964 bits per heavy atom. The first-order valence-corrected chi connectivity index (χ1v) is 9.38. The molecule has 5 nitrogen and oxygen atoms in total. The normalized spacial score (nSPS) is 17.7. The standard InChI is InChI=1S/C23H20N2O3/c26-22(11-9-17-8-10-20-21(15-17)28-16-27-20)25-14-13-24-12-4-7-19(24)23(25)18-5-2-1-3-6-18/h1-12,15,23H,13-14,16H2. The second kappa shape index (κ2) is 6.93. The number of carbonyl (C=O) groups excluding carboxylic acids is 1. The smallest absolute Gasteiger partial charge is 0.247 e. The topological polar surface area (TPSA) is 43.7 Å². The third-order valence-electron chi connectivity index (χ3n) is 5.25. The van der Waals surface area contributed by atoms with Crippen molar-refractivity contribution in [1.82, 2.24) is 9.47 Å². The molecule has 5 heteroatoms. The zero-order valence-corrected chi connectivity index (χ0v) is 15.3. The number of amides is 1. The molecule has 0 N–H and O–H groups in total. The summed E-state index contributed by atoms with van der Waals surface area (Å²) in [5.74, 6) is 1.45. The van der Waals surface area contributed by atoms with Crippen LogP contribution in [0.2, 0.25) is 0 Å². The van der Waals surface area contributed by atoms with E-state index in [1.807, 2.05) is 53.4 Å². The third kappa shape index (κ3) is 2.95. The van der Waals surface area contributed by atoms with Crippen molar-refractivity contribution in [3.8, 4) is 11.5 Å². The Balaban J connectivity index is 1.43. The number of rotatable bonds is 3. The van der Waals surface area contributed by atoms with Crippen LogP contribution in [0.1, 0.15) is 22.9 Å². The van der Waals surface area contributed by atoms with Crippen molar-refractivity contribution in [1.29, 1.82) is 0 Å². The highest BCUT2D eigenvalue weighted by Crippen LogP contribution is 2.34. The Labute approximate surface area is 163 Å². The van der Waals surface area contributed by atoms with Crippen LogP contribution in [0.3, 0.4) is 0 Å². The van der Waals surface area contributed by atoms with Gasteiger partial charge in [-0.2, -0.15) is 0 Å². The summed E-state index contributed by atoms with van der Waals surface area (Å²) in [6, 6.07) is 19.9. The van der Waals surface area contributed by atoms with Gasteiger partial charge >= 0.3 is 0 Å². The van der Waals surface area contributed by atoms with Crippen LogP contribution in [0.25, 0.3) is 6.08 Å². The number of hydrogen-bond acceptors (Lipinski definition) is 3. The summed E-state index contributed by atoms with van der Waals surface area (Å²) in [5.41, 5.74) is 3.17. The summed E-state index contributed by atoms with van der Waals surface area (Å²) in [6.07, 6.45) is 5.56.